The number of hydrogen-bond donors (Lipinski definition) is 0. The molecule has 0 N–H and O–H groups in total. The number of nitrogens with zero attached hydrogens (tertiary/aromatic N) is 2. The Labute approximate surface area is 193 Å². The topological polar surface area (TPSA) is 101 Å². The first-order valence-corrected chi connectivity index (χ1v) is 12.5. The van der Waals surface area contributed by atoms with Crippen molar-refractivity contribution in [1.29, 1.82) is 0 Å². The maximum atomic E-state index is 13.6. The highest BCUT2D eigenvalue weighted by atomic mass is 32.2. The summed E-state index contributed by atoms with van der Waals surface area (Å²) in [5.74, 6) is -1.54. The maximum Gasteiger partial charge on any atom is 0.338 e. The number of ether oxygens (including phenoxy) is 1. The summed E-state index contributed by atoms with van der Waals surface area (Å²) in [6, 6.07) is 12.5. The second-order valence-corrected chi connectivity index (χ2v) is 9.98. The zero-order valence-electron chi connectivity index (χ0n) is 18.3. The first kappa shape index (κ1) is 23.1. The normalized spacial score (nSPS) is 19.5. The smallest absolute Gasteiger partial charge is 0.338 e. The number of imide groups is 1. The molecule has 2 amide bonds. The van der Waals surface area contributed by atoms with E-state index in [1.165, 1.54) is 40.7 Å². The van der Waals surface area contributed by atoms with Gasteiger partial charge in [0.1, 0.15) is 6.04 Å². The van der Waals surface area contributed by atoms with E-state index in [4.69, 9.17) is 4.74 Å². The lowest BCUT2D eigenvalue weighted by Gasteiger charge is -2.32. The van der Waals surface area contributed by atoms with Gasteiger partial charge in [0.2, 0.25) is 15.9 Å². The molecule has 0 radical (unpaired) electrons. The van der Waals surface area contributed by atoms with Crippen LogP contribution in [0.15, 0.2) is 59.5 Å². The molecule has 1 aliphatic carbocycles. The zero-order chi connectivity index (χ0) is 23.6. The van der Waals surface area contributed by atoms with Crippen LogP contribution in [0.3, 0.4) is 0 Å². The Hall–Kier alpha value is -3.04. The fraction of sp³-hybridized carbons (Fsp3) is 0.375. The van der Waals surface area contributed by atoms with Crippen LogP contribution in [0.1, 0.15) is 49.4 Å². The Kier molecular flexibility index (Phi) is 6.62. The number of rotatable bonds is 7. The van der Waals surface area contributed by atoms with Gasteiger partial charge in [0.15, 0.2) is 0 Å². The minimum absolute atomic E-state index is 0.106. The third-order valence-corrected chi connectivity index (χ3v) is 8.05. The van der Waals surface area contributed by atoms with Crippen molar-refractivity contribution >= 4 is 33.5 Å². The van der Waals surface area contributed by atoms with E-state index in [1.54, 1.807) is 25.1 Å². The van der Waals surface area contributed by atoms with Crippen LogP contribution in [0, 0.1) is 0 Å². The molecule has 8 nitrogen and oxygen atoms in total. The van der Waals surface area contributed by atoms with Gasteiger partial charge in [0, 0.05) is 6.04 Å². The van der Waals surface area contributed by atoms with E-state index >= 15 is 0 Å². The summed E-state index contributed by atoms with van der Waals surface area (Å²) in [5.41, 5.74) is 0.597. The third kappa shape index (κ3) is 4.43. The molecule has 0 bridgehead atoms. The Morgan fingerprint density at radius 1 is 1.03 bits per heavy atom. The first-order chi connectivity index (χ1) is 15.8. The van der Waals surface area contributed by atoms with Gasteiger partial charge in [-0.2, -0.15) is 4.31 Å². The highest BCUT2D eigenvalue weighted by molar-refractivity contribution is 7.89. The van der Waals surface area contributed by atoms with Crippen LogP contribution in [0.4, 0.5) is 5.69 Å². The minimum atomic E-state index is -3.98. The van der Waals surface area contributed by atoms with E-state index < -0.39 is 33.8 Å². The minimum Gasteiger partial charge on any atom is -0.462 e. The molecule has 0 aromatic heterocycles. The summed E-state index contributed by atoms with van der Waals surface area (Å²) < 4.78 is 33.4. The van der Waals surface area contributed by atoms with Crippen molar-refractivity contribution in [2.24, 2.45) is 0 Å². The van der Waals surface area contributed by atoms with Gasteiger partial charge in [-0.15, -0.1) is 0 Å². The van der Waals surface area contributed by atoms with Crippen LogP contribution in [0.5, 0.6) is 0 Å². The number of amides is 2. The Morgan fingerprint density at radius 3 is 2.27 bits per heavy atom. The van der Waals surface area contributed by atoms with Gasteiger partial charge in [-0.25, -0.2) is 18.1 Å². The highest BCUT2D eigenvalue weighted by Crippen LogP contribution is 2.35. The van der Waals surface area contributed by atoms with Crippen LogP contribution in [-0.2, 0) is 24.3 Å². The molecule has 1 atom stereocenters. The van der Waals surface area contributed by atoms with Gasteiger partial charge >= 0.3 is 5.97 Å². The quantitative estimate of drug-likeness (QED) is 0.455. The molecule has 174 valence electrons. The molecule has 1 saturated heterocycles. The van der Waals surface area contributed by atoms with E-state index in [1.807, 2.05) is 0 Å². The number of anilines is 1. The van der Waals surface area contributed by atoms with Crippen molar-refractivity contribution in [3.05, 3.63) is 60.2 Å². The van der Waals surface area contributed by atoms with Crippen molar-refractivity contribution in [1.82, 2.24) is 4.31 Å². The van der Waals surface area contributed by atoms with Crippen LogP contribution >= 0.6 is 0 Å². The first-order valence-electron chi connectivity index (χ1n) is 11.1. The maximum absolute atomic E-state index is 13.6. The van der Waals surface area contributed by atoms with Crippen molar-refractivity contribution < 1.29 is 27.5 Å². The summed E-state index contributed by atoms with van der Waals surface area (Å²) in [6.45, 7) is 1.94. The van der Waals surface area contributed by atoms with Crippen LogP contribution in [-0.4, -0.2) is 49.2 Å². The molecule has 1 saturated carbocycles. The molecule has 0 spiro atoms. The molecule has 2 fully saturated rings. The zero-order valence-corrected chi connectivity index (χ0v) is 19.2. The van der Waals surface area contributed by atoms with E-state index in [0.717, 1.165) is 17.7 Å². The van der Waals surface area contributed by atoms with Crippen molar-refractivity contribution in [2.75, 3.05) is 11.5 Å². The van der Waals surface area contributed by atoms with Gasteiger partial charge in [-0.05, 0) is 56.2 Å². The fourth-order valence-electron chi connectivity index (χ4n) is 4.54. The average molecular weight is 471 g/mol. The van der Waals surface area contributed by atoms with Crippen molar-refractivity contribution in [3.8, 4) is 0 Å². The number of sulfonamides is 1. The molecule has 1 heterocycles. The monoisotopic (exact) mass is 470 g/mol. The Balaban J connectivity index is 1.66. The number of carbonyl (C=O) groups is 3. The second kappa shape index (κ2) is 9.44. The average Bonchev–Trinajstić information content (AvgIpc) is 3.43. The highest BCUT2D eigenvalue weighted by Gasteiger charge is 2.49. The molecule has 9 heteroatoms. The summed E-state index contributed by atoms with van der Waals surface area (Å²) in [7, 11) is -3.98. The fourth-order valence-corrected chi connectivity index (χ4v) is 6.39. The molecule has 2 aromatic carbocycles. The number of hydrogen-bond acceptors (Lipinski definition) is 6. The van der Waals surface area contributed by atoms with E-state index in [0.29, 0.717) is 24.1 Å². The van der Waals surface area contributed by atoms with Gasteiger partial charge < -0.3 is 4.74 Å². The molecule has 33 heavy (non-hydrogen) atoms. The standard InChI is InChI=1S/C24H26N2O6S/c1-2-32-24(29)17-12-14-18(15-13-17)25-22(27)16-21(23(25)28)26(19-8-6-7-9-19)33(30,31)20-10-4-3-5-11-20/h3-5,10-15,19,21H,2,6-9,16H2,1H3. The molecular weight excluding hydrogens is 444 g/mol. The lowest BCUT2D eigenvalue weighted by Crippen LogP contribution is -2.49. The summed E-state index contributed by atoms with van der Waals surface area (Å²) in [4.78, 5) is 39.3. The second-order valence-electron chi connectivity index (χ2n) is 8.14. The van der Waals surface area contributed by atoms with Gasteiger partial charge in [-0.3, -0.25) is 9.59 Å². The SMILES string of the molecule is CCOC(=O)c1ccc(N2C(=O)CC(N(C3CCCC3)S(=O)(=O)c3ccccc3)C2=O)cc1. The van der Waals surface area contributed by atoms with E-state index in [2.05, 4.69) is 0 Å². The molecule has 4 rings (SSSR count). The molecule has 1 aliphatic heterocycles. The molecule has 2 aliphatic rings. The lowest BCUT2D eigenvalue weighted by molar-refractivity contribution is -0.122. The Bertz CT molecular complexity index is 1140. The number of carbonyl (C=O) groups excluding carboxylic acids is 3. The van der Waals surface area contributed by atoms with Crippen LogP contribution < -0.4 is 4.90 Å². The third-order valence-electron chi connectivity index (χ3n) is 6.07. The predicted octanol–water partition coefficient (Wildman–Crippen LogP) is 3.13. The van der Waals surface area contributed by atoms with E-state index in [9.17, 15) is 22.8 Å². The van der Waals surface area contributed by atoms with E-state index in [-0.39, 0.29) is 24.0 Å². The van der Waals surface area contributed by atoms with Crippen LogP contribution in [0.25, 0.3) is 0 Å². The summed E-state index contributed by atoms with van der Waals surface area (Å²) >= 11 is 0. The number of benzene rings is 2. The van der Waals surface area contributed by atoms with Gasteiger partial charge in [0.05, 0.1) is 29.2 Å². The summed E-state index contributed by atoms with van der Waals surface area (Å²) in [5, 5.41) is 0. The van der Waals surface area contributed by atoms with Crippen molar-refractivity contribution in [3.63, 3.8) is 0 Å². The van der Waals surface area contributed by atoms with Crippen molar-refractivity contribution in [2.45, 2.75) is 56.0 Å². The Morgan fingerprint density at radius 2 is 1.67 bits per heavy atom. The van der Waals surface area contributed by atoms with Gasteiger partial charge in [-0.1, -0.05) is 31.0 Å². The largest absolute Gasteiger partial charge is 0.462 e. The predicted molar refractivity (Wildman–Crippen MR) is 121 cm³/mol. The molecule has 1 unspecified atom stereocenters. The molecule has 2 aromatic rings. The van der Waals surface area contributed by atoms with Gasteiger partial charge in [0.25, 0.3) is 5.91 Å². The summed E-state index contributed by atoms with van der Waals surface area (Å²) in [6.07, 6.45) is 2.83. The lowest BCUT2D eigenvalue weighted by atomic mass is 10.1. The van der Waals surface area contributed by atoms with Crippen LogP contribution in [0.2, 0.25) is 0 Å². The molecular formula is C24H26N2O6S. The number of esters is 1.